The predicted molar refractivity (Wildman–Crippen MR) is 70.0 cm³/mol. The summed E-state index contributed by atoms with van der Waals surface area (Å²) in [5.74, 6) is -3.28. The van der Waals surface area contributed by atoms with Crippen LogP contribution in [0.1, 0.15) is 6.42 Å². The van der Waals surface area contributed by atoms with Crippen LogP contribution in [-0.2, 0) is 9.59 Å². The number of carboxylic acid groups (broad SMARTS) is 2. The average molecular weight is 313 g/mol. The lowest BCUT2D eigenvalue weighted by Gasteiger charge is -2.31. The van der Waals surface area contributed by atoms with E-state index in [1.807, 2.05) is 0 Å². The third-order valence-corrected chi connectivity index (χ3v) is 3.01. The Bertz CT molecular complexity index is 677. The van der Waals surface area contributed by atoms with Gasteiger partial charge in [0.2, 0.25) is 0 Å². The Balaban J connectivity index is 2.68. The number of hydrogen-bond acceptors (Lipinski definition) is 3. The van der Waals surface area contributed by atoms with Crippen LogP contribution in [0, 0.1) is 0 Å². The fourth-order valence-electron chi connectivity index (χ4n) is 2.09. The van der Waals surface area contributed by atoms with Gasteiger partial charge in [0, 0.05) is 18.3 Å². The first-order chi connectivity index (χ1) is 10.2. The molecule has 1 aromatic rings. The fourth-order valence-corrected chi connectivity index (χ4v) is 2.09. The zero-order valence-corrected chi connectivity index (χ0v) is 11.0. The predicted octanol–water partition coefficient (Wildman–Crippen LogP) is 2.77. The lowest BCUT2D eigenvalue weighted by molar-refractivity contribution is -0.134. The molecule has 0 fully saturated rings. The van der Waals surface area contributed by atoms with Crippen molar-refractivity contribution in [3.63, 3.8) is 0 Å². The Morgan fingerprint density at radius 2 is 1.64 bits per heavy atom. The Morgan fingerprint density at radius 1 is 1.05 bits per heavy atom. The van der Waals surface area contributed by atoms with Crippen molar-refractivity contribution in [1.82, 2.24) is 0 Å². The molecule has 0 saturated carbocycles. The fraction of sp³-hybridized carbons (Fsp3) is 0.143. The van der Waals surface area contributed by atoms with Crippen molar-refractivity contribution in [2.45, 2.75) is 12.6 Å². The average Bonchev–Trinajstić information content (AvgIpc) is 2.45. The first-order valence-corrected chi connectivity index (χ1v) is 6.03. The van der Waals surface area contributed by atoms with Crippen LogP contribution in [0.2, 0.25) is 0 Å². The molecule has 0 saturated heterocycles. The van der Waals surface area contributed by atoms with E-state index in [0.717, 1.165) is 6.20 Å². The van der Waals surface area contributed by atoms with E-state index in [1.165, 1.54) is 24.3 Å². The number of para-hydroxylation sites is 1. The molecular formula is C14H10F3NO4. The summed E-state index contributed by atoms with van der Waals surface area (Å²) < 4.78 is 39.8. The van der Waals surface area contributed by atoms with Crippen LogP contribution in [-0.4, -0.2) is 28.3 Å². The smallest absolute Gasteiger partial charge is 0.432 e. The zero-order valence-electron chi connectivity index (χ0n) is 11.0. The Morgan fingerprint density at radius 3 is 2.09 bits per heavy atom. The maximum atomic E-state index is 13.3. The standard InChI is InChI=1S/C14H10F3NO4/c15-14(16,17)11-10(13(21)22)6-8(12(19)20)7-18(11)9-4-2-1-3-5-9/h1-5,7H,6H2,(H,19,20)(H,21,22). The highest BCUT2D eigenvalue weighted by Gasteiger charge is 2.44. The topological polar surface area (TPSA) is 77.8 Å². The van der Waals surface area contributed by atoms with E-state index >= 15 is 0 Å². The molecule has 2 N–H and O–H groups in total. The summed E-state index contributed by atoms with van der Waals surface area (Å²) in [4.78, 5) is 22.8. The molecule has 0 bridgehead atoms. The van der Waals surface area contributed by atoms with Crippen LogP contribution < -0.4 is 4.90 Å². The summed E-state index contributed by atoms with van der Waals surface area (Å²) in [6, 6.07) is 7.16. The molecule has 0 aliphatic carbocycles. The first kappa shape index (κ1) is 15.6. The van der Waals surface area contributed by atoms with Gasteiger partial charge in [-0.25, -0.2) is 9.59 Å². The second-order valence-corrected chi connectivity index (χ2v) is 4.47. The molecule has 116 valence electrons. The van der Waals surface area contributed by atoms with Gasteiger partial charge < -0.3 is 15.1 Å². The van der Waals surface area contributed by atoms with Crippen LogP contribution in [0.15, 0.2) is 53.4 Å². The molecule has 1 aliphatic heterocycles. The summed E-state index contributed by atoms with van der Waals surface area (Å²) in [5, 5.41) is 18.0. The normalized spacial score (nSPS) is 15.6. The van der Waals surface area contributed by atoms with Gasteiger partial charge in [0.1, 0.15) is 5.70 Å². The third-order valence-electron chi connectivity index (χ3n) is 3.01. The molecule has 5 nitrogen and oxygen atoms in total. The number of aliphatic carboxylic acids is 2. The van der Waals surface area contributed by atoms with E-state index in [2.05, 4.69) is 0 Å². The van der Waals surface area contributed by atoms with Gasteiger partial charge in [-0.2, -0.15) is 13.2 Å². The molecule has 1 aliphatic rings. The summed E-state index contributed by atoms with van der Waals surface area (Å²) in [6.45, 7) is 0. The van der Waals surface area contributed by atoms with Crippen molar-refractivity contribution in [2.75, 3.05) is 4.90 Å². The van der Waals surface area contributed by atoms with E-state index in [9.17, 15) is 22.8 Å². The van der Waals surface area contributed by atoms with Crippen molar-refractivity contribution in [2.24, 2.45) is 0 Å². The minimum absolute atomic E-state index is 0.0204. The Hall–Kier alpha value is -2.77. The van der Waals surface area contributed by atoms with Gasteiger partial charge in [0.05, 0.1) is 11.1 Å². The molecule has 1 heterocycles. The van der Waals surface area contributed by atoms with Crippen LogP contribution >= 0.6 is 0 Å². The minimum Gasteiger partial charge on any atom is -0.478 e. The summed E-state index contributed by atoms with van der Waals surface area (Å²) in [7, 11) is 0. The highest BCUT2D eigenvalue weighted by Crippen LogP contribution is 2.39. The molecule has 0 amide bonds. The largest absolute Gasteiger partial charge is 0.478 e. The number of nitrogens with zero attached hydrogens (tertiary/aromatic N) is 1. The van der Waals surface area contributed by atoms with Gasteiger partial charge in [-0.1, -0.05) is 18.2 Å². The summed E-state index contributed by atoms with van der Waals surface area (Å²) >= 11 is 0. The van der Waals surface area contributed by atoms with Crippen molar-refractivity contribution in [3.05, 3.63) is 53.4 Å². The SMILES string of the molecule is O=C(O)C1=CN(c2ccccc2)C(C(F)(F)F)=C(C(=O)O)C1. The van der Waals surface area contributed by atoms with Crippen LogP contribution in [0.3, 0.4) is 0 Å². The molecule has 8 heteroatoms. The molecular weight excluding hydrogens is 303 g/mol. The Kier molecular flexibility index (Phi) is 3.94. The lowest BCUT2D eigenvalue weighted by Crippen LogP contribution is -2.35. The molecule has 0 aromatic heterocycles. The molecule has 1 aromatic carbocycles. The number of carboxylic acids is 2. The number of hydrogen-bond donors (Lipinski definition) is 2. The Labute approximate surface area is 122 Å². The number of halogens is 3. The molecule has 0 atom stereocenters. The van der Waals surface area contributed by atoms with Gasteiger partial charge in [-0.15, -0.1) is 0 Å². The van der Waals surface area contributed by atoms with Crippen LogP contribution in [0.25, 0.3) is 0 Å². The van der Waals surface area contributed by atoms with E-state index in [-0.39, 0.29) is 5.69 Å². The van der Waals surface area contributed by atoms with Crippen LogP contribution in [0.5, 0.6) is 0 Å². The first-order valence-electron chi connectivity index (χ1n) is 6.03. The quantitative estimate of drug-likeness (QED) is 0.897. The number of rotatable bonds is 3. The van der Waals surface area contributed by atoms with Crippen molar-refractivity contribution in [3.8, 4) is 0 Å². The van der Waals surface area contributed by atoms with Gasteiger partial charge in [-0.3, -0.25) is 0 Å². The van der Waals surface area contributed by atoms with Crippen molar-refractivity contribution >= 4 is 17.6 Å². The molecule has 0 spiro atoms. The van der Waals surface area contributed by atoms with E-state index < -0.39 is 41.4 Å². The van der Waals surface area contributed by atoms with Crippen LogP contribution in [0.4, 0.5) is 18.9 Å². The maximum absolute atomic E-state index is 13.3. The van der Waals surface area contributed by atoms with Gasteiger partial charge >= 0.3 is 18.1 Å². The van der Waals surface area contributed by atoms with E-state index in [4.69, 9.17) is 10.2 Å². The summed E-state index contributed by atoms with van der Waals surface area (Å²) in [5.41, 5.74) is -2.81. The second-order valence-electron chi connectivity index (χ2n) is 4.47. The van der Waals surface area contributed by atoms with Gasteiger partial charge in [0.25, 0.3) is 0 Å². The van der Waals surface area contributed by atoms with E-state index in [0.29, 0.717) is 4.90 Å². The summed E-state index contributed by atoms with van der Waals surface area (Å²) in [6.07, 6.45) is -4.94. The van der Waals surface area contributed by atoms with Crippen molar-refractivity contribution in [1.29, 1.82) is 0 Å². The number of anilines is 1. The second kappa shape index (κ2) is 5.55. The third kappa shape index (κ3) is 2.95. The van der Waals surface area contributed by atoms with Gasteiger partial charge in [-0.05, 0) is 12.1 Å². The minimum atomic E-state index is -4.94. The molecule has 0 radical (unpaired) electrons. The number of benzene rings is 1. The van der Waals surface area contributed by atoms with E-state index in [1.54, 1.807) is 6.07 Å². The monoisotopic (exact) mass is 313 g/mol. The number of carbonyl (C=O) groups is 2. The zero-order chi connectivity index (χ0) is 16.5. The van der Waals surface area contributed by atoms with Crippen molar-refractivity contribution < 1.29 is 33.0 Å². The highest BCUT2D eigenvalue weighted by atomic mass is 19.4. The van der Waals surface area contributed by atoms with Gasteiger partial charge in [0.15, 0.2) is 0 Å². The number of alkyl halides is 3. The lowest BCUT2D eigenvalue weighted by atomic mass is 9.98. The molecule has 0 unspecified atom stereocenters. The molecule has 22 heavy (non-hydrogen) atoms. The highest BCUT2D eigenvalue weighted by molar-refractivity contribution is 5.96. The molecule has 2 rings (SSSR count). The number of allylic oxidation sites excluding steroid dienone is 1. The maximum Gasteiger partial charge on any atom is 0.432 e.